The molecule has 9 heteroatoms. The van der Waals surface area contributed by atoms with E-state index in [1.165, 1.54) is 28.6 Å². The summed E-state index contributed by atoms with van der Waals surface area (Å²) in [6, 6.07) is 10.5. The van der Waals surface area contributed by atoms with Crippen molar-refractivity contribution in [3.05, 3.63) is 69.6 Å². The number of hydrogen-bond donors (Lipinski definition) is 1. The zero-order valence-electron chi connectivity index (χ0n) is 17.2. The number of aryl methyl sites for hydroxylation is 2. The van der Waals surface area contributed by atoms with Crippen LogP contribution in [0.4, 0.5) is 5.69 Å². The van der Waals surface area contributed by atoms with E-state index in [-0.39, 0.29) is 16.1 Å². The number of rotatable bonds is 4. The fraction of sp³-hybridized carbons (Fsp3) is 0.273. The van der Waals surface area contributed by atoms with Crippen molar-refractivity contribution < 1.29 is 22.4 Å². The Morgan fingerprint density at radius 1 is 1.00 bits per heavy atom. The Balaban J connectivity index is 1.55. The van der Waals surface area contributed by atoms with Gasteiger partial charge < -0.3 is 14.5 Å². The first-order valence-corrected chi connectivity index (χ1v) is 11.2. The SMILES string of the molecule is Cc1cc2oc(C(=O)Nc3ccc(S(=O)(=O)N4CCOCC4)cc3)cc(=O)c2cc1C. The molecule has 0 radical (unpaired) electrons. The highest BCUT2D eigenvalue weighted by molar-refractivity contribution is 7.89. The van der Waals surface area contributed by atoms with Gasteiger partial charge in [0.15, 0.2) is 11.2 Å². The summed E-state index contributed by atoms with van der Waals surface area (Å²) in [5.41, 5.74) is 2.33. The van der Waals surface area contributed by atoms with Crippen LogP contribution in [0.15, 0.2) is 56.6 Å². The van der Waals surface area contributed by atoms with Crippen LogP contribution >= 0.6 is 0 Å². The molecule has 162 valence electrons. The third-order valence-electron chi connectivity index (χ3n) is 5.29. The highest BCUT2D eigenvalue weighted by Crippen LogP contribution is 2.21. The second-order valence-corrected chi connectivity index (χ2v) is 9.34. The molecule has 4 rings (SSSR count). The van der Waals surface area contributed by atoms with Crippen LogP contribution in [0, 0.1) is 13.8 Å². The number of anilines is 1. The fourth-order valence-electron chi connectivity index (χ4n) is 3.36. The third kappa shape index (κ3) is 4.25. The molecule has 31 heavy (non-hydrogen) atoms. The Morgan fingerprint density at radius 2 is 1.65 bits per heavy atom. The molecular formula is C22H22N2O6S. The van der Waals surface area contributed by atoms with Gasteiger partial charge in [-0.15, -0.1) is 0 Å². The maximum atomic E-state index is 12.7. The number of sulfonamides is 1. The predicted octanol–water partition coefficient (Wildman–Crippen LogP) is 2.68. The summed E-state index contributed by atoms with van der Waals surface area (Å²) in [7, 11) is -3.62. The minimum atomic E-state index is -3.62. The summed E-state index contributed by atoms with van der Waals surface area (Å²) in [5, 5.41) is 3.05. The van der Waals surface area contributed by atoms with Gasteiger partial charge in [-0.05, 0) is 61.4 Å². The van der Waals surface area contributed by atoms with Crippen LogP contribution in [-0.4, -0.2) is 44.9 Å². The molecule has 0 atom stereocenters. The van der Waals surface area contributed by atoms with Crippen LogP contribution in [0.3, 0.4) is 0 Å². The first kappa shape index (κ1) is 21.2. The van der Waals surface area contributed by atoms with Gasteiger partial charge in [0.05, 0.1) is 23.5 Å². The number of carbonyl (C=O) groups excluding carboxylic acids is 1. The third-order valence-corrected chi connectivity index (χ3v) is 7.20. The first-order valence-electron chi connectivity index (χ1n) is 9.80. The van der Waals surface area contributed by atoms with Gasteiger partial charge >= 0.3 is 0 Å². The van der Waals surface area contributed by atoms with E-state index in [0.29, 0.717) is 43.0 Å². The summed E-state index contributed by atoms with van der Waals surface area (Å²) >= 11 is 0. The number of benzene rings is 2. The second-order valence-electron chi connectivity index (χ2n) is 7.40. The number of nitrogens with one attached hydrogen (secondary N) is 1. The number of morpholine rings is 1. The molecule has 8 nitrogen and oxygen atoms in total. The van der Waals surface area contributed by atoms with E-state index in [4.69, 9.17) is 9.15 Å². The lowest BCUT2D eigenvalue weighted by Crippen LogP contribution is -2.40. The van der Waals surface area contributed by atoms with Crippen LogP contribution in [-0.2, 0) is 14.8 Å². The van der Waals surface area contributed by atoms with E-state index < -0.39 is 15.9 Å². The van der Waals surface area contributed by atoms with E-state index in [0.717, 1.165) is 17.2 Å². The van der Waals surface area contributed by atoms with E-state index in [9.17, 15) is 18.0 Å². The molecule has 2 aromatic carbocycles. The normalized spacial score (nSPS) is 15.2. The molecule has 0 aliphatic carbocycles. The summed E-state index contributed by atoms with van der Waals surface area (Å²) in [6.07, 6.45) is 0. The van der Waals surface area contributed by atoms with Crippen molar-refractivity contribution in [2.24, 2.45) is 0 Å². The summed E-state index contributed by atoms with van der Waals surface area (Å²) in [6.45, 7) is 5.14. The van der Waals surface area contributed by atoms with Gasteiger partial charge in [-0.3, -0.25) is 9.59 Å². The monoisotopic (exact) mass is 442 g/mol. The number of fused-ring (bicyclic) bond motifs is 1. The number of hydrogen-bond acceptors (Lipinski definition) is 6. The van der Waals surface area contributed by atoms with Gasteiger partial charge in [-0.2, -0.15) is 4.31 Å². The minimum absolute atomic E-state index is 0.120. The number of amides is 1. The van der Waals surface area contributed by atoms with Crippen LogP contribution in [0.2, 0.25) is 0 Å². The zero-order valence-corrected chi connectivity index (χ0v) is 18.0. The maximum absolute atomic E-state index is 12.7. The Kier molecular flexibility index (Phi) is 5.65. The molecule has 0 spiro atoms. The first-order chi connectivity index (χ1) is 14.8. The molecule has 1 saturated heterocycles. The summed E-state index contributed by atoms with van der Waals surface area (Å²) < 4.78 is 37.6. The quantitative estimate of drug-likeness (QED) is 0.666. The predicted molar refractivity (Wildman–Crippen MR) is 116 cm³/mol. The zero-order chi connectivity index (χ0) is 22.2. The topological polar surface area (TPSA) is 106 Å². The second kappa shape index (κ2) is 8.26. The average Bonchev–Trinajstić information content (AvgIpc) is 2.76. The highest BCUT2D eigenvalue weighted by Gasteiger charge is 2.26. The van der Waals surface area contributed by atoms with Gasteiger partial charge in [0.25, 0.3) is 5.91 Å². The van der Waals surface area contributed by atoms with Gasteiger partial charge in [0, 0.05) is 24.8 Å². The molecule has 1 N–H and O–H groups in total. The van der Waals surface area contributed by atoms with Crippen molar-refractivity contribution in [2.45, 2.75) is 18.7 Å². The molecule has 1 fully saturated rings. The van der Waals surface area contributed by atoms with Crippen molar-refractivity contribution in [3.8, 4) is 0 Å². The van der Waals surface area contributed by atoms with Gasteiger partial charge in [-0.1, -0.05) is 0 Å². The lowest BCUT2D eigenvalue weighted by atomic mass is 10.1. The fourth-order valence-corrected chi connectivity index (χ4v) is 4.77. The van der Waals surface area contributed by atoms with Crippen molar-refractivity contribution >= 4 is 32.6 Å². The maximum Gasteiger partial charge on any atom is 0.291 e. The Bertz CT molecular complexity index is 1310. The van der Waals surface area contributed by atoms with Crippen molar-refractivity contribution in [2.75, 3.05) is 31.6 Å². The van der Waals surface area contributed by atoms with Gasteiger partial charge in [-0.25, -0.2) is 8.42 Å². The van der Waals surface area contributed by atoms with Crippen LogP contribution in [0.25, 0.3) is 11.0 Å². The van der Waals surface area contributed by atoms with Crippen molar-refractivity contribution in [3.63, 3.8) is 0 Å². The summed E-state index contributed by atoms with van der Waals surface area (Å²) in [4.78, 5) is 25.1. The van der Waals surface area contributed by atoms with Gasteiger partial charge in [0.2, 0.25) is 10.0 Å². The lowest BCUT2D eigenvalue weighted by molar-refractivity contribution is 0.0730. The molecule has 1 aliphatic rings. The molecule has 1 aromatic heterocycles. The van der Waals surface area contributed by atoms with Gasteiger partial charge in [0.1, 0.15) is 5.58 Å². The number of nitrogens with zero attached hydrogens (tertiary/aromatic N) is 1. The molecule has 2 heterocycles. The van der Waals surface area contributed by atoms with Crippen molar-refractivity contribution in [1.82, 2.24) is 4.31 Å². The van der Waals surface area contributed by atoms with E-state index >= 15 is 0 Å². The molecule has 3 aromatic rings. The van der Waals surface area contributed by atoms with Crippen LogP contribution in [0.5, 0.6) is 0 Å². The van der Waals surface area contributed by atoms with Crippen LogP contribution in [0.1, 0.15) is 21.7 Å². The largest absolute Gasteiger partial charge is 0.451 e. The molecule has 1 amide bonds. The van der Waals surface area contributed by atoms with E-state index in [2.05, 4.69) is 5.32 Å². The standard InChI is InChI=1S/C22H22N2O6S/c1-14-11-18-19(25)13-21(30-20(18)12-15(14)2)22(26)23-16-3-5-17(6-4-16)31(27,28)24-7-9-29-10-8-24/h3-6,11-13H,7-10H2,1-2H3,(H,23,26). The average molecular weight is 442 g/mol. The number of carbonyl (C=O) groups is 1. The van der Waals surface area contributed by atoms with E-state index in [1.807, 2.05) is 13.8 Å². The molecule has 1 aliphatic heterocycles. The smallest absolute Gasteiger partial charge is 0.291 e. The Labute approximate surface area is 179 Å². The molecule has 0 unspecified atom stereocenters. The Morgan fingerprint density at radius 3 is 2.32 bits per heavy atom. The highest BCUT2D eigenvalue weighted by atomic mass is 32.2. The number of ether oxygens (including phenoxy) is 1. The molecule has 0 saturated carbocycles. The van der Waals surface area contributed by atoms with E-state index in [1.54, 1.807) is 12.1 Å². The summed E-state index contributed by atoms with van der Waals surface area (Å²) in [5.74, 6) is -0.716. The lowest BCUT2D eigenvalue weighted by Gasteiger charge is -2.26. The molecule has 0 bridgehead atoms. The van der Waals surface area contributed by atoms with Crippen LogP contribution < -0.4 is 10.7 Å². The minimum Gasteiger partial charge on any atom is -0.451 e. The van der Waals surface area contributed by atoms with Crippen molar-refractivity contribution in [1.29, 1.82) is 0 Å². The Hall–Kier alpha value is -3.01. The molecular weight excluding hydrogens is 420 g/mol.